The number of nitrogens with zero attached hydrogens (tertiary/aromatic N) is 1. The first kappa shape index (κ1) is 20.5. The third kappa shape index (κ3) is 4.45. The van der Waals surface area contributed by atoms with Gasteiger partial charge in [0.1, 0.15) is 5.82 Å². The molecular weight excluding hydrogens is 408 g/mol. The molecule has 2 aromatic carbocycles. The summed E-state index contributed by atoms with van der Waals surface area (Å²) >= 11 is 6.97. The van der Waals surface area contributed by atoms with Crippen molar-refractivity contribution in [1.82, 2.24) is 5.32 Å². The second-order valence-electron chi connectivity index (χ2n) is 6.23. The van der Waals surface area contributed by atoms with Gasteiger partial charge in [0.2, 0.25) is 5.91 Å². The lowest BCUT2D eigenvalue weighted by molar-refractivity contribution is -0.114. The number of primary amides is 1. The second-order valence-corrected chi connectivity index (χ2v) is 7.66. The molecule has 1 aliphatic rings. The Balaban J connectivity index is 1.95. The van der Waals surface area contributed by atoms with E-state index in [0.29, 0.717) is 21.2 Å². The van der Waals surface area contributed by atoms with E-state index >= 15 is 0 Å². The summed E-state index contributed by atoms with van der Waals surface area (Å²) in [6, 6.07) is 17.6. The van der Waals surface area contributed by atoms with E-state index in [2.05, 4.69) is 11.4 Å². The minimum atomic E-state index is -0.701. The number of benzene rings is 2. The number of nitrogens with two attached hydrogens (primary N) is 2. The number of nitrogens with one attached hydrogen (secondary N) is 1. The Bertz CT molecular complexity index is 1060. The van der Waals surface area contributed by atoms with E-state index < -0.39 is 11.8 Å². The molecule has 6 nitrogen and oxygen atoms in total. The number of rotatable bonds is 6. The standard InChI is InChI=1S/C21H17ClN4O2S/c22-14-8-6-12(7-9-14)16(27)11-29-21-18(20(25)28)17(13-4-2-1-3-5-13)15(10-23)19(24)26-21/h1-9,17,26H,11,24H2,(H2,25,28)/t17-/m1/s1. The number of carbonyl (C=O) groups is 2. The van der Waals surface area contributed by atoms with E-state index in [1.807, 2.05) is 6.07 Å². The highest BCUT2D eigenvalue weighted by Gasteiger charge is 2.34. The first-order chi connectivity index (χ1) is 13.9. The van der Waals surface area contributed by atoms with Crippen molar-refractivity contribution in [2.75, 3.05) is 5.75 Å². The van der Waals surface area contributed by atoms with Gasteiger partial charge < -0.3 is 16.8 Å². The number of hydrogen-bond acceptors (Lipinski definition) is 6. The zero-order valence-electron chi connectivity index (χ0n) is 15.2. The van der Waals surface area contributed by atoms with Crippen LogP contribution in [0.1, 0.15) is 21.8 Å². The lowest BCUT2D eigenvalue weighted by Gasteiger charge is -2.28. The quantitative estimate of drug-likeness (QED) is 0.612. The van der Waals surface area contributed by atoms with E-state index in [-0.39, 0.29) is 28.5 Å². The maximum atomic E-state index is 12.5. The van der Waals surface area contributed by atoms with Crippen LogP contribution in [0.4, 0.5) is 0 Å². The second kappa shape index (κ2) is 8.86. The van der Waals surface area contributed by atoms with Crippen molar-refractivity contribution >= 4 is 35.1 Å². The van der Waals surface area contributed by atoms with Crippen LogP contribution in [-0.4, -0.2) is 17.4 Å². The molecule has 1 atom stereocenters. The lowest BCUT2D eigenvalue weighted by atomic mass is 9.83. The molecule has 0 unspecified atom stereocenters. The first-order valence-electron chi connectivity index (χ1n) is 8.59. The van der Waals surface area contributed by atoms with Gasteiger partial charge >= 0.3 is 0 Å². The number of hydrogen-bond donors (Lipinski definition) is 3. The van der Waals surface area contributed by atoms with Crippen LogP contribution in [0.2, 0.25) is 5.02 Å². The van der Waals surface area contributed by atoms with E-state index in [9.17, 15) is 14.9 Å². The number of nitriles is 1. The summed E-state index contributed by atoms with van der Waals surface area (Å²) in [6.45, 7) is 0. The highest BCUT2D eigenvalue weighted by Crippen LogP contribution is 2.39. The normalized spacial score (nSPS) is 16.2. The number of halogens is 1. The fourth-order valence-electron chi connectivity index (χ4n) is 3.02. The molecule has 2 aromatic rings. The first-order valence-corrected chi connectivity index (χ1v) is 9.96. The van der Waals surface area contributed by atoms with Crippen LogP contribution >= 0.6 is 23.4 Å². The molecule has 8 heteroatoms. The summed E-state index contributed by atoms with van der Waals surface area (Å²) in [5, 5.41) is 13.4. The molecule has 3 rings (SSSR count). The minimum absolute atomic E-state index is 0.0530. The molecule has 0 spiro atoms. The Kier molecular flexibility index (Phi) is 6.27. The van der Waals surface area contributed by atoms with Crippen LogP contribution in [0.5, 0.6) is 0 Å². The molecule has 5 N–H and O–H groups in total. The zero-order valence-corrected chi connectivity index (χ0v) is 16.8. The van der Waals surface area contributed by atoms with Gasteiger partial charge in [0.25, 0.3) is 0 Å². The summed E-state index contributed by atoms with van der Waals surface area (Å²) in [5.41, 5.74) is 13.3. The van der Waals surface area contributed by atoms with Crippen LogP contribution in [0.25, 0.3) is 0 Å². The Morgan fingerprint density at radius 3 is 2.38 bits per heavy atom. The summed E-state index contributed by atoms with van der Waals surface area (Å²) in [5.74, 6) is -1.35. The number of carbonyl (C=O) groups excluding carboxylic acids is 2. The molecule has 0 saturated heterocycles. The number of amides is 1. The monoisotopic (exact) mass is 424 g/mol. The Labute approximate surface area is 177 Å². The van der Waals surface area contributed by atoms with Gasteiger partial charge in [-0.2, -0.15) is 5.26 Å². The van der Waals surface area contributed by atoms with Gasteiger partial charge in [0.05, 0.1) is 33.9 Å². The van der Waals surface area contributed by atoms with Crippen LogP contribution in [0.3, 0.4) is 0 Å². The van der Waals surface area contributed by atoms with E-state index in [1.165, 1.54) is 0 Å². The van der Waals surface area contributed by atoms with Crippen LogP contribution < -0.4 is 16.8 Å². The van der Waals surface area contributed by atoms with Gasteiger partial charge in [0.15, 0.2) is 5.78 Å². The van der Waals surface area contributed by atoms with Gasteiger partial charge in [-0.1, -0.05) is 53.7 Å². The number of thioether (sulfide) groups is 1. The molecule has 1 aliphatic heterocycles. The van der Waals surface area contributed by atoms with Gasteiger partial charge in [-0.15, -0.1) is 0 Å². The molecule has 0 saturated carbocycles. The lowest BCUT2D eigenvalue weighted by Crippen LogP contribution is -2.34. The minimum Gasteiger partial charge on any atom is -0.384 e. The average molecular weight is 425 g/mol. The predicted octanol–water partition coefficient (Wildman–Crippen LogP) is 3.03. The Hall–Kier alpha value is -3.21. The molecular formula is C21H17ClN4O2S. The smallest absolute Gasteiger partial charge is 0.248 e. The van der Waals surface area contributed by atoms with Gasteiger partial charge in [0, 0.05) is 10.6 Å². The van der Waals surface area contributed by atoms with Crippen molar-refractivity contribution in [1.29, 1.82) is 5.26 Å². The van der Waals surface area contributed by atoms with Crippen molar-refractivity contribution < 1.29 is 9.59 Å². The molecule has 0 aliphatic carbocycles. The molecule has 1 amide bonds. The fourth-order valence-corrected chi connectivity index (χ4v) is 4.14. The predicted molar refractivity (Wildman–Crippen MR) is 114 cm³/mol. The van der Waals surface area contributed by atoms with Crippen LogP contribution in [0, 0.1) is 11.3 Å². The SMILES string of the molecule is N#CC1=C(N)NC(SCC(=O)c2ccc(Cl)cc2)=C(C(N)=O)[C@@H]1c1ccccc1. The maximum Gasteiger partial charge on any atom is 0.248 e. The van der Waals surface area contributed by atoms with Crippen molar-refractivity contribution in [3.05, 3.63) is 92.7 Å². The molecule has 1 heterocycles. The van der Waals surface area contributed by atoms with Crippen LogP contribution in [0.15, 0.2) is 76.6 Å². The molecule has 146 valence electrons. The third-order valence-electron chi connectivity index (χ3n) is 4.39. The number of ketones is 1. The Morgan fingerprint density at radius 1 is 1.14 bits per heavy atom. The van der Waals surface area contributed by atoms with Crippen molar-refractivity contribution in [2.45, 2.75) is 5.92 Å². The van der Waals surface area contributed by atoms with Gasteiger partial charge in [-0.3, -0.25) is 9.59 Å². The summed E-state index contributed by atoms with van der Waals surface area (Å²) in [4.78, 5) is 24.8. The van der Waals surface area contributed by atoms with Crippen molar-refractivity contribution in [3.8, 4) is 6.07 Å². The average Bonchev–Trinajstić information content (AvgIpc) is 2.72. The van der Waals surface area contributed by atoms with E-state index in [4.69, 9.17) is 23.1 Å². The van der Waals surface area contributed by atoms with Gasteiger partial charge in [-0.25, -0.2) is 0 Å². The molecule has 0 bridgehead atoms. The summed E-state index contributed by atoms with van der Waals surface area (Å²) in [6.07, 6.45) is 0. The topological polar surface area (TPSA) is 122 Å². The molecule has 29 heavy (non-hydrogen) atoms. The summed E-state index contributed by atoms with van der Waals surface area (Å²) < 4.78 is 0. The highest BCUT2D eigenvalue weighted by atomic mass is 35.5. The zero-order chi connectivity index (χ0) is 21.0. The third-order valence-corrected chi connectivity index (χ3v) is 5.66. The Morgan fingerprint density at radius 2 is 1.79 bits per heavy atom. The molecule has 0 radical (unpaired) electrons. The van der Waals surface area contributed by atoms with E-state index in [1.54, 1.807) is 48.5 Å². The molecule has 0 fully saturated rings. The molecule has 0 aromatic heterocycles. The summed E-state index contributed by atoms with van der Waals surface area (Å²) in [7, 11) is 0. The van der Waals surface area contributed by atoms with Crippen molar-refractivity contribution in [3.63, 3.8) is 0 Å². The fraction of sp³-hybridized carbons (Fsp3) is 0.0952. The maximum absolute atomic E-state index is 12.5. The largest absolute Gasteiger partial charge is 0.384 e. The highest BCUT2D eigenvalue weighted by molar-refractivity contribution is 8.03. The van der Waals surface area contributed by atoms with Gasteiger partial charge in [-0.05, 0) is 29.8 Å². The van der Waals surface area contributed by atoms with Crippen LogP contribution in [-0.2, 0) is 4.79 Å². The van der Waals surface area contributed by atoms with E-state index in [0.717, 1.165) is 11.8 Å². The number of allylic oxidation sites excluding steroid dienone is 1. The van der Waals surface area contributed by atoms with Crippen molar-refractivity contribution in [2.24, 2.45) is 11.5 Å². The number of Topliss-reactive ketones (excluding diaryl/α,β-unsaturated/α-hetero) is 1. The number of dihydropyridines is 1.